The highest BCUT2D eigenvalue weighted by molar-refractivity contribution is 6.78. The summed E-state index contributed by atoms with van der Waals surface area (Å²) in [6.45, 7) is 19.4. The summed E-state index contributed by atoms with van der Waals surface area (Å²) in [6.07, 6.45) is 1.57. The molecule has 24 heavy (non-hydrogen) atoms. The lowest BCUT2D eigenvalue weighted by Crippen LogP contribution is -2.49. The summed E-state index contributed by atoms with van der Waals surface area (Å²) in [5.74, 6) is -0.0307. The first kappa shape index (κ1) is 23.8. The Balaban J connectivity index is 4.29. The molecule has 0 saturated carbocycles. The van der Waals surface area contributed by atoms with E-state index in [-0.39, 0.29) is 5.97 Å². The van der Waals surface area contributed by atoms with Crippen LogP contribution >= 0.6 is 0 Å². The van der Waals surface area contributed by atoms with Crippen LogP contribution in [0.3, 0.4) is 0 Å². The Hall–Kier alpha value is -0.176. The Kier molecular flexibility index (Phi) is 10.7. The summed E-state index contributed by atoms with van der Waals surface area (Å²) >= 11 is 0. The predicted octanol–water partition coefficient (Wildman–Crippen LogP) is 4.93. The molecule has 0 spiro atoms. The molecule has 0 fully saturated rings. The van der Waals surface area contributed by atoms with Crippen LogP contribution in [-0.2, 0) is 13.6 Å². The van der Waals surface area contributed by atoms with Gasteiger partial charge in [-0.15, -0.1) is 0 Å². The van der Waals surface area contributed by atoms with E-state index >= 15 is 0 Å². The first-order valence-electron chi connectivity index (χ1n) is 9.47. The third kappa shape index (κ3) is 7.37. The van der Waals surface area contributed by atoms with Gasteiger partial charge in [-0.25, -0.2) is 0 Å². The highest BCUT2D eigenvalue weighted by Crippen LogP contribution is 2.42. The Bertz CT molecular complexity index is 350. The molecule has 4 nitrogen and oxygen atoms in total. The van der Waals surface area contributed by atoms with E-state index in [1.165, 1.54) is 0 Å². The van der Waals surface area contributed by atoms with Crippen LogP contribution in [0.5, 0.6) is 0 Å². The maximum Gasteiger partial charge on any atom is 0.293 e. The van der Waals surface area contributed by atoms with Crippen molar-refractivity contribution in [3.05, 3.63) is 0 Å². The summed E-state index contributed by atoms with van der Waals surface area (Å²) in [6, 6.07) is 1.14. The van der Waals surface area contributed by atoms with Gasteiger partial charge in [-0.3, -0.25) is 4.79 Å². The number of hydrogen-bond acceptors (Lipinski definition) is 4. The normalized spacial score (nSPS) is 13.2. The molecule has 0 unspecified atom stereocenters. The molecule has 144 valence electrons. The minimum Gasteiger partial charge on any atom is -0.518 e. The number of rotatable bonds is 12. The van der Waals surface area contributed by atoms with E-state index in [2.05, 4.69) is 60.0 Å². The van der Waals surface area contributed by atoms with Crippen LogP contribution in [0, 0.1) is 0 Å². The van der Waals surface area contributed by atoms with Crippen molar-refractivity contribution in [2.24, 2.45) is 0 Å². The third-order valence-corrected chi connectivity index (χ3v) is 13.8. The highest BCUT2D eigenvalue weighted by atomic mass is 28.4. The first-order valence-corrected chi connectivity index (χ1v) is 14.7. The predicted molar refractivity (Wildman–Crippen MR) is 109 cm³/mol. The van der Waals surface area contributed by atoms with Gasteiger partial charge in [0.1, 0.15) is 0 Å². The van der Waals surface area contributed by atoms with Gasteiger partial charge in [0, 0.05) is 13.7 Å². The monoisotopic (exact) mass is 375 g/mol. The Morgan fingerprint density at radius 3 is 1.88 bits per heavy atom. The lowest BCUT2D eigenvalue weighted by Gasteiger charge is -2.41. The fourth-order valence-corrected chi connectivity index (χ4v) is 10.1. The molecule has 0 aromatic carbocycles. The molecular formula is C18H41NO3Si2. The number of carbonyl (C=O) groups is 1. The van der Waals surface area contributed by atoms with Crippen LogP contribution in [0.25, 0.3) is 0 Å². The van der Waals surface area contributed by atoms with E-state index in [4.69, 9.17) is 8.85 Å². The van der Waals surface area contributed by atoms with E-state index in [1.807, 2.05) is 7.11 Å². The fourth-order valence-electron chi connectivity index (χ4n) is 3.66. The van der Waals surface area contributed by atoms with Gasteiger partial charge < -0.3 is 14.2 Å². The van der Waals surface area contributed by atoms with Crippen molar-refractivity contribution < 1.29 is 13.6 Å². The lowest BCUT2D eigenvalue weighted by molar-refractivity contribution is -0.135. The topological polar surface area (TPSA) is 47.6 Å². The molecule has 0 radical (unpaired) electrons. The van der Waals surface area contributed by atoms with Gasteiger partial charge in [0.2, 0.25) is 0 Å². The second-order valence-electron chi connectivity index (χ2n) is 8.36. The van der Waals surface area contributed by atoms with Gasteiger partial charge in [-0.05, 0) is 48.7 Å². The SMILES string of the molecule is CO[Si](C)(C)CCCNCCC(=O)O[Si](C(C)C)(C(C)C)C(C)C. The second kappa shape index (κ2) is 10.7. The molecule has 0 rings (SSSR count). The standard InChI is InChI=1S/C18H41NO3Si2/c1-15(2)24(16(3)4,17(5)6)22-18(20)11-13-19-12-10-14-23(8,9)21-7/h15-17,19H,10-14H2,1-9H3. The molecule has 0 aliphatic carbocycles. The van der Waals surface area contributed by atoms with E-state index in [1.54, 1.807) is 0 Å². The van der Waals surface area contributed by atoms with Crippen molar-refractivity contribution in [2.45, 2.75) is 90.1 Å². The molecule has 0 saturated heterocycles. The zero-order valence-corrected chi connectivity index (χ0v) is 19.5. The van der Waals surface area contributed by atoms with Gasteiger partial charge in [0.05, 0.1) is 6.42 Å². The van der Waals surface area contributed by atoms with Gasteiger partial charge in [0.25, 0.3) is 14.3 Å². The van der Waals surface area contributed by atoms with Crippen LogP contribution in [0.1, 0.15) is 54.4 Å². The van der Waals surface area contributed by atoms with Crippen LogP contribution in [0.4, 0.5) is 0 Å². The Labute approximate surface area is 152 Å². The molecular weight excluding hydrogens is 334 g/mol. The molecule has 0 aliphatic heterocycles. The molecule has 0 aromatic rings. The van der Waals surface area contributed by atoms with E-state index in [9.17, 15) is 4.79 Å². The van der Waals surface area contributed by atoms with Crippen LogP contribution in [-0.4, -0.2) is 42.8 Å². The van der Waals surface area contributed by atoms with Crippen molar-refractivity contribution >= 4 is 22.6 Å². The Morgan fingerprint density at radius 1 is 0.958 bits per heavy atom. The third-order valence-electron chi connectivity index (χ3n) is 5.19. The van der Waals surface area contributed by atoms with E-state index in [0.717, 1.165) is 19.0 Å². The first-order chi connectivity index (χ1) is 11.0. The van der Waals surface area contributed by atoms with Crippen LogP contribution in [0.2, 0.25) is 35.8 Å². The molecule has 0 atom stereocenters. The summed E-state index contributed by atoms with van der Waals surface area (Å²) in [4.78, 5) is 12.4. The molecule has 0 heterocycles. The minimum absolute atomic E-state index is 0.0307. The van der Waals surface area contributed by atoms with Crippen molar-refractivity contribution in [2.75, 3.05) is 20.2 Å². The molecule has 6 heteroatoms. The van der Waals surface area contributed by atoms with Crippen molar-refractivity contribution in [3.8, 4) is 0 Å². The van der Waals surface area contributed by atoms with Gasteiger partial charge >= 0.3 is 0 Å². The molecule has 0 bridgehead atoms. The average molecular weight is 376 g/mol. The zero-order chi connectivity index (χ0) is 19.0. The molecule has 0 amide bonds. The zero-order valence-electron chi connectivity index (χ0n) is 17.5. The van der Waals surface area contributed by atoms with Gasteiger partial charge in [0.15, 0.2) is 8.32 Å². The molecule has 1 N–H and O–H groups in total. The fraction of sp³-hybridized carbons (Fsp3) is 0.944. The van der Waals surface area contributed by atoms with Gasteiger partial charge in [-0.2, -0.15) is 0 Å². The summed E-state index contributed by atoms with van der Waals surface area (Å²) in [7, 11) is -1.73. The maximum absolute atomic E-state index is 12.4. The number of carbonyl (C=O) groups excluding carboxylic acids is 1. The van der Waals surface area contributed by atoms with Crippen molar-refractivity contribution in [1.29, 1.82) is 0 Å². The van der Waals surface area contributed by atoms with Crippen molar-refractivity contribution in [3.63, 3.8) is 0 Å². The molecule has 0 aliphatic rings. The smallest absolute Gasteiger partial charge is 0.293 e. The quantitative estimate of drug-likeness (QED) is 0.388. The summed E-state index contributed by atoms with van der Waals surface area (Å²) < 4.78 is 11.7. The van der Waals surface area contributed by atoms with Crippen LogP contribution in [0.15, 0.2) is 0 Å². The average Bonchev–Trinajstić information content (AvgIpc) is 2.47. The maximum atomic E-state index is 12.4. The van der Waals surface area contributed by atoms with E-state index in [0.29, 0.717) is 29.6 Å². The summed E-state index contributed by atoms with van der Waals surface area (Å²) in [5, 5.41) is 3.37. The minimum atomic E-state index is -2.08. The Morgan fingerprint density at radius 2 is 1.46 bits per heavy atom. The van der Waals surface area contributed by atoms with Crippen molar-refractivity contribution in [1.82, 2.24) is 5.32 Å². The summed E-state index contributed by atoms with van der Waals surface area (Å²) in [5.41, 5.74) is 1.32. The van der Waals surface area contributed by atoms with Gasteiger partial charge in [-0.1, -0.05) is 41.5 Å². The highest BCUT2D eigenvalue weighted by Gasteiger charge is 2.47. The van der Waals surface area contributed by atoms with E-state index < -0.39 is 16.6 Å². The second-order valence-corrected chi connectivity index (χ2v) is 18.2. The molecule has 0 aromatic heterocycles. The van der Waals surface area contributed by atoms with Crippen LogP contribution < -0.4 is 5.32 Å². The number of hydrogen-bond donors (Lipinski definition) is 1. The largest absolute Gasteiger partial charge is 0.518 e. The lowest BCUT2D eigenvalue weighted by atomic mass is 10.4. The number of nitrogens with one attached hydrogen (secondary N) is 1.